The third-order valence-corrected chi connectivity index (χ3v) is 2.86. The average Bonchev–Trinajstić information content (AvgIpc) is 2.87. The van der Waals surface area contributed by atoms with Crippen molar-refractivity contribution in [1.82, 2.24) is 9.78 Å². The standard InChI is InChI=1S/C15H14N4/c16-9-4-8-14-12-15(13-6-2-1-3-7-13)18-19(14)11-5-10-17/h1-3,6-7,12H,4-5,8,11H2. The van der Waals surface area contributed by atoms with Crippen LogP contribution in [0.15, 0.2) is 36.4 Å². The highest BCUT2D eigenvalue weighted by Gasteiger charge is 2.09. The molecule has 1 heterocycles. The molecule has 4 nitrogen and oxygen atoms in total. The first kappa shape index (κ1) is 12.9. The summed E-state index contributed by atoms with van der Waals surface area (Å²) in [5, 5.41) is 21.9. The molecular weight excluding hydrogens is 236 g/mol. The molecule has 0 N–H and O–H groups in total. The zero-order valence-electron chi connectivity index (χ0n) is 10.6. The van der Waals surface area contributed by atoms with Gasteiger partial charge in [-0.3, -0.25) is 4.68 Å². The first-order valence-electron chi connectivity index (χ1n) is 6.21. The molecular formula is C15H14N4. The fourth-order valence-electron chi connectivity index (χ4n) is 1.94. The molecule has 4 heteroatoms. The summed E-state index contributed by atoms with van der Waals surface area (Å²) in [5.74, 6) is 0. The van der Waals surface area contributed by atoms with Gasteiger partial charge in [-0.2, -0.15) is 15.6 Å². The number of benzene rings is 1. The summed E-state index contributed by atoms with van der Waals surface area (Å²) in [6, 6.07) is 16.2. The van der Waals surface area contributed by atoms with Crippen LogP contribution in [-0.2, 0) is 13.0 Å². The van der Waals surface area contributed by atoms with Crippen molar-refractivity contribution < 1.29 is 0 Å². The second kappa shape index (κ2) is 6.37. The van der Waals surface area contributed by atoms with E-state index in [1.807, 2.05) is 41.1 Å². The predicted molar refractivity (Wildman–Crippen MR) is 71.8 cm³/mol. The van der Waals surface area contributed by atoms with E-state index in [9.17, 15) is 0 Å². The third-order valence-electron chi connectivity index (χ3n) is 2.86. The number of aryl methyl sites for hydroxylation is 2. The second-order valence-corrected chi connectivity index (χ2v) is 4.18. The molecule has 0 amide bonds. The van der Waals surface area contributed by atoms with Gasteiger partial charge in [0.15, 0.2) is 0 Å². The number of hydrogen-bond donors (Lipinski definition) is 0. The molecule has 0 aliphatic heterocycles. The Labute approximate surface area is 112 Å². The SMILES string of the molecule is N#CCCc1cc(-c2ccccc2)nn1CCC#N. The first-order valence-corrected chi connectivity index (χ1v) is 6.21. The Hall–Kier alpha value is -2.59. The van der Waals surface area contributed by atoms with Crippen LogP contribution in [0.4, 0.5) is 0 Å². The van der Waals surface area contributed by atoms with Crippen LogP contribution in [0, 0.1) is 22.7 Å². The lowest BCUT2D eigenvalue weighted by atomic mass is 10.1. The molecule has 0 fully saturated rings. The van der Waals surface area contributed by atoms with Crippen molar-refractivity contribution in [2.45, 2.75) is 25.8 Å². The molecule has 0 aliphatic carbocycles. The molecule has 2 aromatic rings. The van der Waals surface area contributed by atoms with E-state index < -0.39 is 0 Å². The fraction of sp³-hybridized carbons (Fsp3) is 0.267. The molecule has 0 aliphatic rings. The fourth-order valence-corrected chi connectivity index (χ4v) is 1.94. The molecule has 0 unspecified atom stereocenters. The Morgan fingerprint density at radius 3 is 2.47 bits per heavy atom. The van der Waals surface area contributed by atoms with Gasteiger partial charge in [-0.05, 0) is 6.07 Å². The summed E-state index contributed by atoms with van der Waals surface area (Å²) in [7, 11) is 0. The highest BCUT2D eigenvalue weighted by molar-refractivity contribution is 5.59. The Bertz CT molecular complexity index is 578. The molecule has 2 rings (SSSR count). The zero-order chi connectivity index (χ0) is 13.5. The van der Waals surface area contributed by atoms with E-state index in [0.29, 0.717) is 25.8 Å². The first-order chi connectivity index (χ1) is 9.35. The second-order valence-electron chi connectivity index (χ2n) is 4.18. The van der Waals surface area contributed by atoms with Crippen molar-refractivity contribution in [2.75, 3.05) is 0 Å². The van der Waals surface area contributed by atoms with E-state index >= 15 is 0 Å². The lowest BCUT2D eigenvalue weighted by Gasteiger charge is -2.02. The van der Waals surface area contributed by atoms with Crippen LogP contribution >= 0.6 is 0 Å². The monoisotopic (exact) mass is 250 g/mol. The maximum absolute atomic E-state index is 8.69. The molecule has 0 bridgehead atoms. The van der Waals surface area contributed by atoms with Gasteiger partial charge in [0.2, 0.25) is 0 Å². The number of nitrogens with zero attached hydrogens (tertiary/aromatic N) is 4. The van der Waals surface area contributed by atoms with Gasteiger partial charge in [0.1, 0.15) is 0 Å². The maximum atomic E-state index is 8.69. The van der Waals surface area contributed by atoms with Gasteiger partial charge in [0.05, 0.1) is 30.8 Å². The van der Waals surface area contributed by atoms with Gasteiger partial charge in [-0.25, -0.2) is 0 Å². The summed E-state index contributed by atoms with van der Waals surface area (Å²) in [6.45, 7) is 0.574. The highest BCUT2D eigenvalue weighted by Crippen LogP contribution is 2.19. The molecule has 1 aromatic heterocycles. The average molecular weight is 250 g/mol. The number of aromatic nitrogens is 2. The molecule has 0 saturated carbocycles. The van der Waals surface area contributed by atoms with Crippen LogP contribution in [0.1, 0.15) is 18.5 Å². The Kier molecular flexibility index (Phi) is 4.31. The Morgan fingerprint density at radius 1 is 1.05 bits per heavy atom. The van der Waals surface area contributed by atoms with Crippen LogP contribution in [0.3, 0.4) is 0 Å². The number of hydrogen-bond acceptors (Lipinski definition) is 3. The topological polar surface area (TPSA) is 65.4 Å². The third kappa shape index (κ3) is 3.20. The molecule has 1 aromatic carbocycles. The van der Waals surface area contributed by atoms with Crippen molar-refractivity contribution in [3.63, 3.8) is 0 Å². The molecule has 0 saturated heterocycles. The minimum absolute atomic E-state index is 0.426. The van der Waals surface area contributed by atoms with E-state index in [1.54, 1.807) is 0 Å². The van der Waals surface area contributed by atoms with Gasteiger partial charge in [0, 0.05) is 24.1 Å². The zero-order valence-corrected chi connectivity index (χ0v) is 10.6. The summed E-state index contributed by atoms with van der Waals surface area (Å²) in [4.78, 5) is 0. The molecule has 94 valence electrons. The van der Waals surface area contributed by atoms with Gasteiger partial charge >= 0.3 is 0 Å². The van der Waals surface area contributed by atoms with Crippen LogP contribution in [-0.4, -0.2) is 9.78 Å². The predicted octanol–water partition coefficient (Wildman–Crippen LogP) is 2.92. The van der Waals surface area contributed by atoms with Crippen molar-refractivity contribution in [3.8, 4) is 23.4 Å². The van der Waals surface area contributed by atoms with Crippen LogP contribution in [0.25, 0.3) is 11.3 Å². The van der Waals surface area contributed by atoms with E-state index in [2.05, 4.69) is 17.2 Å². The van der Waals surface area contributed by atoms with E-state index in [-0.39, 0.29) is 0 Å². The van der Waals surface area contributed by atoms with Crippen molar-refractivity contribution in [1.29, 1.82) is 10.5 Å². The quantitative estimate of drug-likeness (QED) is 0.819. The Morgan fingerprint density at radius 2 is 1.79 bits per heavy atom. The van der Waals surface area contributed by atoms with E-state index in [4.69, 9.17) is 10.5 Å². The maximum Gasteiger partial charge on any atom is 0.0926 e. The largest absolute Gasteiger partial charge is 0.268 e. The molecule has 0 spiro atoms. The van der Waals surface area contributed by atoms with Crippen LogP contribution < -0.4 is 0 Å². The van der Waals surface area contributed by atoms with E-state index in [0.717, 1.165) is 17.0 Å². The van der Waals surface area contributed by atoms with Gasteiger partial charge in [-0.1, -0.05) is 30.3 Å². The summed E-state index contributed by atoms with van der Waals surface area (Å²) in [5.41, 5.74) is 2.96. The minimum Gasteiger partial charge on any atom is -0.268 e. The van der Waals surface area contributed by atoms with Crippen LogP contribution in [0.2, 0.25) is 0 Å². The lowest BCUT2D eigenvalue weighted by Crippen LogP contribution is -2.04. The van der Waals surface area contributed by atoms with Crippen molar-refractivity contribution in [3.05, 3.63) is 42.1 Å². The van der Waals surface area contributed by atoms with Gasteiger partial charge in [0.25, 0.3) is 0 Å². The molecule has 0 atom stereocenters. The Balaban J connectivity index is 2.29. The van der Waals surface area contributed by atoms with Crippen molar-refractivity contribution in [2.24, 2.45) is 0 Å². The smallest absolute Gasteiger partial charge is 0.0926 e. The summed E-state index contributed by atoms with van der Waals surface area (Å²) < 4.78 is 1.84. The van der Waals surface area contributed by atoms with Gasteiger partial charge < -0.3 is 0 Å². The van der Waals surface area contributed by atoms with Crippen LogP contribution in [0.5, 0.6) is 0 Å². The summed E-state index contributed by atoms with van der Waals surface area (Å²) >= 11 is 0. The minimum atomic E-state index is 0.426. The highest BCUT2D eigenvalue weighted by atomic mass is 15.3. The van der Waals surface area contributed by atoms with Gasteiger partial charge in [-0.15, -0.1) is 0 Å². The van der Waals surface area contributed by atoms with Crippen molar-refractivity contribution >= 4 is 0 Å². The lowest BCUT2D eigenvalue weighted by molar-refractivity contribution is 0.596. The molecule has 19 heavy (non-hydrogen) atoms. The number of rotatable bonds is 5. The number of nitriles is 2. The van der Waals surface area contributed by atoms with E-state index in [1.165, 1.54) is 0 Å². The molecule has 0 radical (unpaired) electrons. The summed E-state index contributed by atoms with van der Waals surface area (Å²) in [6.07, 6.45) is 1.56. The normalized spacial score (nSPS) is 9.79.